The van der Waals surface area contributed by atoms with Gasteiger partial charge in [0.1, 0.15) is 10.6 Å². The predicted octanol–water partition coefficient (Wildman–Crippen LogP) is 8.07. The summed E-state index contributed by atoms with van der Waals surface area (Å²) >= 11 is 0. The zero-order valence-corrected chi connectivity index (χ0v) is 21.7. The van der Waals surface area contributed by atoms with Crippen LogP contribution >= 0.6 is 0 Å². The van der Waals surface area contributed by atoms with E-state index in [4.69, 9.17) is 4.18 Å². The van der Waals surface area contributed by atoms with Crippen LogP contribution in [0.15, 0.2) is 35.2 Å². The van der Waals surface area contributed by atoms with E-state index in [-0.39, 0.29) is 23.7 Å². The number of benzene rings is 2. The molecule has 0 bridgehead atoms. The smallest absolute Gasteiger partial charge is 0.339 e. The van der Waals surface area contributed by atoms with Crippen molar-refractivity contribution >= 4 is 10.1 Å². The summed E-state index contributed by atoms with van der Waals surface area (Å²) in [5.41, 5.74) is 4.68. The molecule has 0 unspecified atom stereocenters. The van der Waals surface area contributed by atoms with Crippen molar-refractivity contribution in [3.63, 3.8) is 0 Å². The van der Waals surface area contributed by atoms with Gasteiger partial charge in [0, 0.05) is 0 Å². The Morgan fingerprint density at radius 2 is 1.00 bits per heavy atom. The molecule has 4 heteroatoms. The molecule has 172 valence electrons. The topological polar surface area (TPSA) is 43.4 Å². The van der Waals surface area contributed by atoms with Gasteiger partial charge in [0.2, 0.25) is 0 Å². The van der Waals surface area contributed by atoms with Gasteiger partial charge in [0.25, 0.3) is 0 Å². The lowest BCUT2D eigenvalue weighted by molar-refractivity contribution is 0.472. The molecule has 0 amide bonds. The van der Waals surface area contributed by atoms with Gasteiger partial charge in [0.15, 0.2) is 0 Å². The van der Waals surface area contributed by atoms with Crippen molar-refractivity contribution in [2.75, 3.05) is 0 Å². The highest BCUT2D eigenvalue weighted by Gasteiger charge is 2.30. The normalized spacial score (nSPS) is 12.6. The van der Waals surface area contributed by atoms with Crippen molar-refractivity contribution in [3.8, 4) is 5.75 Å². The van der Waals surface area contributed by atoms with Crippen LogP contribution in [-0.2, 0) is 10.1 Å². The van der Waals surface area contributed by atoms with Crippen molar-refractivity contribution in [1.29, 1.82) is 0 Å². The molecule has 0 N–H and O–H groups in total. The summed E-state index contributed by atoms with van der Waals surface area (Å²) in [6, 6.07) is 10.0. The van der Waals surface area contributed by atoms with Gasteiger partial charge in [-0.05, 0) is 57.4 Å². The molecule has 0 spiro atoms. The molecule has 0 saturated heterocycles. The first-order valence-corrected chi connectivity index (χ1v) is 12.9. The Bertz CT molecular complexity index is 958. The second-order valence-corrected chi connectivity index (χ2v) is 11.6. The summed E-state index contributed by atoms with van der Waals surface area (Å²) in [5, 5.41) is 0. The molecule has 2 aromatic rings. The fraction of sp³-hybridized carbons (Fsp3) is 0.556. The molecule has 31 heavy (non-hydrogen) atoms. The van der Waals surface area contributed by atoms with E-state index in [0.717, 1.165) is 27.8 Å². The van der Waals surface area contributed by atoms with E-state index in [1.165, 1.54) is 0 Å². The third-order valence-electron chi connectivity index (χ3n) is 5.84. The average molecular weight is 445 g/mol. The van der Waals surface area contributed by atoms with Crippen molar-refractivity contribution < 1.29 is 12.6 Å². The Morgan fingerprint density at radius 1 is 0.613 bits per heavy atom. The molecule has 2 aromatic carbocycles. The molecule has 2 rings (SSSR count). The zero-order valence-electron chi connectivity index (χ0n) is 20.9. The minimum atomic E-state index is -4.02. The maximum absolute atomic E-state index is 13.9. The van der Waals surface area contributed by atoms with Gasteiger partial charge in [-0.15, -0.1) is 0 Å². The summed E-state index contributed by atoms with van der Waals surface area (Å²) in [6.45, 7) is 20.7. The van der Waals surface area contributed by atoms with Crippen molar-refractivity contribution in [2.24, 2.45) is 0 Å². The Labute approximate surface area is 190 Å². The van der Waals surface area contributed by atoms with Crippen LogP contribution in [0, 0.1) is 0 Å². The Balaban J connectivity index is 2.81. The van der Waals surface area contributed by atoms with Crippen LogP contribution in [-0.4, -0.2) is 8.42 Å². The molecule has 0 aliphatic heterocycles. The fourth-order valence-electron chi connectivity index (χ4n) is 3.91. The lowest BCUT2D eigenvalue weighted by Crippen LogP contribution is -2.19. The monoisotopic (exact) mass is 444 g/mol. The lowest BCUT2D eigenvalue weighted by Gasteiger charge is -2.24. The van der Waals surface area contributed by atoms with Crippen LogP contribution in [0.25, 0.3) is 0 Å². The molecule has 0 heterocycles. The molecule has 0 aliphatic carbocycles. The molecule has 0 aromatic heterocycles. The van der Waals surface area contributed by atoms with E-state index >= 15 is 0 Å². The van der Waals surface area contributed by atoms with Crippen LogP contribution in [0.3, 0.4) is 0 Å². The zero-order chi connectivity index (χ0) is 23.7. The molecule has 0 radical (unpaired) electrons. The number of hydrogen-bond donors (Lipinski definition) is 0. The van der Waals surface area contributed by atoms with E-state index in [2.05, 4.69) is 53.7 Å². The van der Waals surface area contributed by atoms with Crippen molar-refractivity contribution in [2.45, 2.75) is 104 Å². The molecule has 3 nitrogen and oxygen atoms in total. The Kier molecular flexibility index (Phi) is 8.02. The molecule has 0 atom stereocenters. The van der Waals surface area contributed by atoms with Crippen molar-refractivity contribution in [3.05, 3.63) is 58.1 Å². The molecule has 0 fully saturated rings. The minimum Gasteiger partial charge on any atom is -0.378 e. The SMILES string of the molecule is CC(C)c1cc(C(C)C)c(S(=O)(=O)Oc2c(C(C)C)cccc2C(C)C)c(C(C)C)c1. The van der Waals surface area contributed by atoms with Crippen molar-refractivity contribution in [1.82, 2.24) is 0 Å². The fourth-order valence-corrected chi connectivity index (χ4v) is 5.57. The largest absolute Gasteiger partial charge is 0.378 e. The maximum atomic E-state index is 13.9. The van der Waals surface area contributed by atoms with Gasteiger partial charge in [-0.25, -0.2) is 0 Å². The van der Waals surface area contributed by atoms with E-state index in [1.807, 2.05) is 45.9 Å². The van der Waals surface area contributed by atoms with Gasteiger partial charge in [-0.1, -0.05) is 99.6 Å². The molecular weight excluding hydrogens is 404 g/mol. The highest BCUT2D eigenvalue weighted by Crippen LogP contribution is 2.40. The third-order valence-corrected chi connectivity index (χ3v) is 7.20. The second kappa shape index (κ2) is 9.77. The highest BCUT2D eigenvalue weighted by molar-refractivity contribution is 7.87. The maximum Gasteiger partial charge on any atom is 0.339 e. The first-order valence-electron chi connectivity index (χ1n) is 11.5. The number of rotatable bonds is 8. The summed E-state index contributed by atoms with van der Waals surface area (Å²) in [6.07, 6.45) is 0. The highest BCUT2D eigenvalue weighted by atomic mass is 32.2. The van der Waals surface area contributed by atoms with Gasteiger partial charge in [-0.2, -0.15) is 8.42 Å². The van der Waals surface area contributed by atoms with Crippen LogP contribution < -0.4 is 4.18 Å². The van der Waals surface area contributed by atoms with E-state index in [9.17, 15) is 8.42 Å². The van der Waals surface area contributed by atoms with Gasteiger partial charge in [0.05, 0.1) is 0 Å². The first-order chi connectivity index (χ1) is 14.3. The number of hydrogen-bond acceptors (Lipinski definition) is 3. The van der Waals surface area contributed by atoms with Crippen LogP contribution in [0.4, 0.5) is 0 Å². The van der Waals surface area contributed by atoms with Crippen LogP contribution in [0.2, 0.25) is 0 Å². The third kappa shape index (κ3) is 5.52. The minimum absolute atomic E-state index is 0.0643. The standard InChI is InChI=1S/C27H40O3S/c1-16(2)21-14-24(19(7)8)27(25(15-21)20(9)10)31(28,29)30-26-22(17(3)4)12-11-13-23(26)18(5)6/h11-20H,1-10H3. The molecule has 0 aliphatic rings. The van der Waals surface area contributed by atoms with Gasteiger partial charge in [-0.3, -0.25) is 0 Å². The summed E-state index contributed by atoms with van der Waals surface area (Å²) in [5.74, 6) is 1.25. The lowest BCUT2D eigenvalue weighted by atomic mass is 9.89. The second-order valence-electron chi connectivity index (χ2n) is 10.1. The van der Waals surface area contributed by atoms with E-state index < -0.39 is 10.1 Å². The molecule has 0 saturated carbocycles. The Morgan fingerprint density at radius 3 is 1.32 bits per heavy atom. The predicted molar refractivity (Wildman–Crippen MR) is 131 cm³/mol. The Hall–Kier alpha value is -1.81. The summed E-state index contributed by atoms with van der Waals surface area (Å²) < 4.78 is 33.7. The van der Waals surface area contributed by atoms with E-state index in [1.54, 1.807) is 0 Å². The quantitative estimate of drug-likeness (QED) is 0.387. The van der Waals surface area contributed by atoms with E-state index in [0.29, 0.717) is 16.6 Å². The number of para-hydroxylation sites is 1. The molecular formula is C27H40O3S. The van der Waals surface area contributed by atoms with Crippen LogP contribution in [0.1, 0.15) is 127 Å². The average Bonchev–Trinajstić information content (AvgIpc) is 2.66. The summed E-state index contributed by atoms with van der Waals surface area (Å²) in [7, 11) is -4.02. The first kappa shape index (κ1) is 25.5. The van der Waals surface area contributed by atoms with Gasteiger partial charge < -0.3 is 4.18 Å². The summed E-state index contributed by atoms with van der Waals surface area (Å²) in [4.78, 5) is 0.343. The van der Waals surface area contributed by atoms with Crippen LogP contribution in [0.5, 0.6) is 5.75 Å². The van der Waals surface area contributed by atoms with Gasteiger partial charge >= 0.3 is 10.1 Å².